The van der Waals surface area contributed by atoms with Crippen LogP contribution in [0, 0.1) is 0 Å². The molecule has 0 saturated heterocycles. The van der Waals surface area contributed by atoms with E-state index in [9.17, 15) is 9.59 Å². The summed E-state index contributed by atoms with van der Waals surface area (Å²) in [7, 11) is 3.28. The van der Waals surface area contributed by atoms with Gasteiger partial charge in [-0.2, -0.15) is 5.10 Å². The molecule has 0 aliphatic heterocycles. The Balaban J connectivity index is 2.17. The summed E-state index contributed by atoms with van der Waals surface area (Å²) in [5.74, 6) is -0.559. The molecule has 2 aromatic heterocycles. The van der Waals surface area contributed by atoms with Crippen molar-refractivity contribution < 1.29 is 9.59 Å². The number of rotatable bonds is 3. The zero-order valence-electron chi connectivity index (χ0n) is 9.93. The predicted octanol–water partition coefficient (Wildman–Crippen LogP) is 1.09. The molecule has 6 nitrogen and oxygen atoms in total. The van der Waals surface area contributed by atoms with Crippen molar-refractivity contribution in [2.45, 2.75) is 0 Å². The topological polar surface area (TPSA) is 76.0 Å². The molecule has 0 spiro atoms. The highest BCUT2D eigenvalue weighted by atomic mass is 32.1. The van der Waals surface area contributed by atoms with Gasteiger partial charge in [0, 0.05) is 20.3 Å². The van der Waals surface area contributed by atoms with Gasteiger partial charge < -0.3 is 10.6 Å². The average molecular weight is 264 g/mol. The van der Waals surface area contributed by atoms with E-state index < -0.39 is 0 Å². The molecular formula is C11H12N4O2S. The van der Waals surface area contributed by atoms with Gasteiger partial charge in [-0.1, -0.05) is 0 Å². The predicted molar refractivity (Wildman–Crippen MR) is 68.9 cm³/mol. The van der Waals surface area contributed by atoms with Crippen LogP contribution in [0.15, 0.2) is 23.7 Å². The Labute approximate surface area is 108 Å². The molecule has 2 aromatic rings. The number of amides is 2. The van der Waals surface area contributed by atoms with Gasteiger partial charge in [0.2, 0.25) is 0 Å². The lowest BCUT2D eigenvalue weighted by Gasteiger charge is -2.03. The van der Waals surface area contributed by atoms with Crippen molar-refractivity contribution in [1.82, 2.24) is 15.1 Å². The van der Waals surface area contributed by atoms with Crippen LogP contribution in [0.1, 0.15) is 20.8 Å². The molecule has 0 aromatic carbocycles. The standard InChI is InChI=1S/C11H12N4O2S/c1-12-9(16)7-4-6-18-11(7)13-10(17)8-3-5-15(2)14-8/h3-6H,1-2H3,(H,12,16)(H,13,17). The smallest absolute Gasteiger partial charge is 0.276 e. The first-order valence-corrected chi connectivity index (χ1v) is 6.10. The Kier molecular flexibility index (Phi) is 3.42. The summed E-state index contributed by atoms with van der Waals surface area (Å²) in [4.78, 5) is 23.4. The van der Waals surface area contributed by atoms with Crippen LogP contribution >= 0.6 is 11.3 Å². The van der Waals surface area contributed by atoms with Crippen LogP contribution in [-0.4, -0.2) is 28.6 Å². The van der Waals surface area contributed by atoms with Crippen molar-refractivity contribution >= 4 is 28.2 Å². The van der Waals surface area contributed by atoms with Gasteiger partial charge in [0.25, 0.3) is 11.8 Å². The van der Waals surface area contributed by atoms with Crippen molar-refractivity contribution in [3.05, 3.63) is 35.0 Å². The van der Waals surface area contributed by atoms with E-state index in [1.54, 1.807) is 42.5 Å². The molecule has 2 N–H and O–H groups in total. The number of aryl methyl sites for hydroxylation is 1. The fourth-order valence-corrected chi connectivity index (χ4v) is 2.20. The summed E-state index contributed by atoms with van der Waals surface area (Å²) in [6.07, 6.45) is 1.68. The van der Waals surface area contributed by atoms with Gasteiger partial charge in [-0.05, 0) is 17.5 Å². The molecule has 18 heavy (non-hydrogen) atoms. The first kappa shape index (κ1) is 12.3. The van der Waals surface area contributed by atoms with E-state index >= 15 is 0 Å². The molecular weight excluding hydrogens is 252 g/mol. The number of carbonyl (C=O) groups excluding carboxylic acids is 2. The largest absolute Gasteiger partial charge is 0.355 e. The summed E-state index contributed by atoms with van der Waals surface area (Å²) in [6, 6.07) is 3.28. The third kappa shape index (κ3) is 2.40. The molecule has 2 heterocycles. The molecule has 94 valence electrons. The zero-order chi connectivity index (χ0) is 13.1. The SMILES string of the molecule is CNC(=O)c1ccsc1NC(=O)c1ccn(C)n1. The summed E-state index contributed by atoms with van der Waals surface area (Å²) < 4.78 is 1.54. The van der Waals surface area contributed by atoms with Crippen LogP contribution in [0.5, 0.6) is 0 Å². The normalized spacial score (nSPS) is 10.1. The number of nitrogens with one attached hydrogen (secondary N) is 2. The first-order chi connectivity index (χ1) is 8.61. The molecule has 2 amide bonds. The third-order valence-electron chi connectivity index (χ3n) is 2.31. The molecule has 0 bridgehead atoms. The second-order valence-electron chi connectivity index (χ2n) is 3.57. The highest BCUT2D eigenvalue weighted by molar-refractivity contribution is 7.14. The van der Waals surface area contributed by atoms with Gasteiger partial charge in [0.05, 0.1) is 5.56 Å². The number of nitrogens with zero attached hydrogens (tertiary/aromatic N) is 2. The highest BCUT2D eigenvalue weighted by Crippen LogP contribution is 2.23. The van der Waals surface area contributed by atoms with Crippen LogP contribution in [-0.2, 0) is 7.05 Å². The second kappa shape index (κ2) is 5.01. The molecule has 0 aliphatic rings. The summed E-state index contributed by atoms with van der Waals surface area (Å²) in [5, 5.41) is 11.5. The number of hydrogen-bond acceptors (Lipinski definition) is 4. The second-order valence-corrected chi connectivity index (χ2v) is 4.49. The van der Waals surface area contributed by atoms with E-state index in [1.807, 2.05) is 0 Å². The average Bonchev–Trinajstić information content (AvgIpc) is 2.97. The number of aromatic nitrogens is 2. The fourth-order valence-electron chi connectivity index (χ4n) is 1.42. The molecule has 0 radical (unpaired) electrons. The van der Waals surface area contributed by atoms with Crippen molar-refractivity contribution in [1.29, 1.82) is 0 Å². The maximum atomic E-state index is 11.9. The van der Waals surface area contributed by atoms with Crippen molar-refractivity contribution in [3.8, 4) is 0 Å². The molecule has 0 aliphatic carbocycles. The van der Waals surface area contributed by atoms with E-state index in [-0.39, 0.29) is 11.8 Å². The molecule has 0 fully saturated rings. The van der Waals surface area contributed by atoms with Gasteiger partial charge >= 0.3 is 0 Å². The Hall–Kier alpha value is -2.15. The van der Waals surface area contributed by atoms with Crippen LogP contribution in [0.3, 0.4) is 0 Å². The third-order valence-corrected chi connectivity index (χ3v) is 3.14. The van der Waals surface area contributed by atoms with E-state index in [2.05, 4.69) is 15.7 Å². The summed E-state index contributed by atoms with van der Waals surface area (Å²) >= 11 is 1.30. The van der Waals surface area contributed by atoms with Crippen molar-refractivity contribution in [3.63, 3.8) is 0 Å². The van der Waals surface area contributed by atoms with Crippen LogP contribution in [0.4, 0.5) is 5.00 Å². The van der Waals surface area contributed by atoms with E-state index in [0.29, 0.717) is 16.3 Å². The minimum atomic E-state index is -0.330. The van der Waals surface area contributed by atoms with Gasteiger partial charge in [0.15, 0.2) is 5.69 Å². The van der Waals surface area contributed by atoms with Crippen LogP contribution in [0.25, 0.3) is 0 Å². The summed E-state index contributed by atoms with van der Waals surface area (Å²) in [6.45, 7) is 0. The van der Waals surface area contributed by atoms with Gasteiger partial charge in [-0.3, -0.25) is 14.3 Å². The Morgan fingerprint density at radius 1 is 1.33 bits per heavy atom. The highest BCUT2D eigenvalue weighted by Gasteiger charge is 2.15. The van der Waals surface area contributed by atoms with Crippen LogP contribution < -0.4 is 10.6 Å². The minimum Gasteiger partial charge on any atom is -0.355 e. The lowest BCUT2D eigenvalue weighted by molar-refractivity contribution is 0.0964. The van der Waals surface area contributed by atoms with Gasteiger partial charge in [0.1, 0.15) is 5.00 Å². The number of anilines is 1. The molecule has 0 unspecified atom stereocenters. The van der Waals surface area contributed by atoms with Crippen LogP contribution in [0.2, 0.25) is 0 Å². The molecule has 0 saturated carbocycles. The zero-order valence-corrected chi connectivity index (χ0v) is 10.7. The molecule has 2 rings (SSSR count). The molecule has 7 heteroatoms. The fraction of sp³-hybridized carbons (Fsp3) is 0.182. The number of carbonyl (C=O) groups is 2. The van der Waals surface area contributed by atoms with E-state index in [4.69, 9.17) is 0 Å². The Morgan fingerprint density at radius 2 is 2.11 bits per heavy atom. The van der Waals surface area contributed by atoms with Gasteiger partial charge in [-0.15, -0.1) is 11.3 Å². The number of thiophene rings is 1. The van der Waals surface area contributed by atoms with Crippen molar-refractivity contribution in [2.24, 2.45) is 7.05 Å². The lowest BCUT2D eigenvalue weighted by atomic mass is 10.3. The quantitative estimate of drug-likeness (QED) is 0.871. The van der Waals surface area contributed by atoms with E-state index in [0.717, 1.165) is 0 Å². The van der Waals surface area contributed by atoms with Gasteiger partial charge in [-0.25, -0.2) is 0 Å². The Bertz CT molecular complexity index is 587. The minimum absolute atomic E-state index is 0.229. The first-order valence-electron chi connectivity index (χ1n) is 5.22. The Morgan fingerprint density at radius 3 is 2.72 bits per heavy atom. The van der Waals surface area contributed by atoms with E-state index in [1.165, 1.54) is 11.3 Å². The maximum absolute atomic E-state index is 11.9. The maximum Gasteiger partial charge on any atom is 0.276 e. The molecule has 0 atom stereocenters. The summed E-state index contributed by atoms with van der Waals surface area (Å²) in [5.41, 5.74) is 0.764. The number of hydrogen-bond donors (Lipinski definition) is 2. The van der Waals surface area contributed by atoms with Crippen molar-refractivity contribution in [2.75, 3.05) is 12.4 Å². The monoisotopic (exact) mass is 264 g/mol. The lowest BCUT2D eigenvalue weighted by Crippen LogP contribution is -2.20.